The molecule has 0 aliphatic rings. The Kier molecular flexibility index (Phi) is 11.3. The lowest BCUT2D eigenvalue weighted by molar-refractivity contribution is 0.0827. The van der Waals surface area contributed by atoms with Crippen LogP contribution in [0.25, 0.3) is 0 Å². The first-order chi connectivity index (χ1) is 13.5. The molecule has 1 unspecified atom stereocenters. The minimum atomic E-state index is -0.498. The summed E-state index contributed by atoms with van der Waals surface area (Å²) in [5, 5.41) is 16.6. The van der Waals surface area contributed by atoms with Gasteiger partial charge in [-0.1, -0.05) is 42.5 Å². The summed E-state index contributed by atoms with van der Waals surface area (Å²) in [6.45, 7) is 3.63. The third kappa shape index (κ3) is 8.82. The maximum atomic E-state index is 11.9. The zero-order valence-corrected chi connectivity index (χ0v) is 19.6. The second-order valence-electron chi connectivity index (χ2n) is 6.82. The van der Waals surface area contributed by atoms with Crippen molar-refractivity contribution in [2.45, 2.75) is 26.0 Å². The van der Waals surface area contributed by atoms with Crippen molar-refractivity contribution in [1.82, 2.24) is 15.5 Å². The van der Waals surface area contributed by atoms with E-state index in [1.54, 1.807) is 19.0 Å². The fourth-order valence-electron chi connectivity index (χ4n) is 2.70. The van der Waals surface area contributed by atoms with Crippen LogP contribution in [-0.2, 0) is 13.0 Å². The van der Waals surface area contributed by atoms with Gasteiger partial charge in [0.1, 0.15) is 0 Å². The van der Waals surface area contributed by atoms with Crippen LogP contribution in [0.2, 0.25) is 0 Å². The monoisotopic (exact) mass is 510 g/mol. The van der Waals surface area contributed by atoms with Crippen molar-refractivity contribution < 1.29 is 9.90 Å². The molecule has 2 rings (SSSR count). The summed E-state index contributed by atoms with van der Waals surface area (Å²) in [7, 11) is 3.47. The minimum Gasteiger partial charge on any atom is -0.391 e. The molecule has 2 aromatic rings. The van der Waals surface area contributed by atoms with Gasteiger partial charge >= 0.3 is 0 Å². The van der Waals surface area contributed by atoms with Gasteiger partial charge in [-0.05, 0) is 30.2 Å². The van der Waals surface area contributed by atoms with Gasteiger partial charge in [-0.2, -0.15) is 0 Å². The van der Waals surface area contributed by atoms with E-state index < -0.39 is 6.10 Å². The van der Waals surface area contributed by atoms with Gasteiger partial charge in [-0.25, -0.2) is 4.99 Å². The molecule has 0 saturated heterocycles. The number of aliphatic hydroxyl groups excluding tert-OH is 1. The Bertz CT molecular complexity index is 764. The molecular weight excluding hydrogens is 479 g/mol. The normalized spacial score (nSPS) is 11.9. The van der Waals surface area contributed by atoms with E-state index >= 15 is 0 Å². The molecule has 0 radical (unpaired) electrons. The quantitative estimate of drug-likeness (QED) is 0.290. The van der Waals surface area contributed by atoms with Crippen LogP contribution in [0.15, 0.2) is 59.6 Å². The van der Waals surface area contributed by atoms with Crippen molar-refractivity contribution in [3.8, 4) is 0 Å². The molecule has 158 valence electrons. The first kappa shape index (κ1) is 24.9. The number of hydrogen-bond donors (Lipinski definition) is 3. The summed E-state index contributed by atoms with van der Waals surface area (Å²) in [4.78, 5) is 18.1. The Hall–Kier alpha value is -2.13. The Morgan fingerprint density at radius 3 is 2.28 bits per heavy atom. The summed E-state index contributed by atoms with van der Waals surface area (Å²) >= 11 is 0. The van der Waals surface area contributed by atoms with Crippen molar-refractivity contribution in [1.29, 1.82) is 0 Å². The number of aliphatic imine (C=N–C) groups is 1. The highest BCUT2D eigenvalue weighted by atomic mass is 127. The zero-order valence-electron chi connectivity index (χ0n) is 17.3. The highest BCUT2D eigenvalue weighted by molar-refractivity contribution is 14.0. The topological polar surface area (TPSA) is 77.0 Å². The van der Waals surface area contributed by atoms with Gasteiger partial charge in [0.05, 0.1) is 12.6 Å². The SMILES string of the molecule is CCNC(=NCc1ccc(C(=O)N(C)C)cc1)NCC(O)Cc1ccccc1.I. The number of aliphatic hydroxyl groups is 1. The lowest BCUT2D eigenvalue weighted by Crippen LogP contribution is -2.41. The lowest BCUT2D eigenvalue weighted by atomic mass is 10.1. The van der Waals surface area contributed by atoms with Crippen LogP contribution in [-0.4, -0.2) is 55.2 Å². The molecule has 0 spiro atoms. The second kappa shape index (κ2) is 13.2. The van der Waals surface area contributed by atoms with E-state index in [1.165, 1.54) is 0 Å². The average Bonchev–Trinajstić information content (AvgIpc) is 2.70. The van der Waals surface area contributed by atoms with Crippen LogP contribution in [0.1, 0.15) is 28.4 Å². The van der Waals surface area contributed by atoms with Gasteiger partial charge in [0, 0.05) is 39.2 Å². The van der Waals surface area contributed by atoms with E-state index in [0.717, 1.165) is 17.7 Å². The number of rotatable bonds is 8. The molecule has 0 saturated carbocycles. The molecule has 7 heteroatoms. The first-order valence-electron chi connectivity index (χ1n) is 9.54. The minimum absolute atomic E-state index is 0. The molecule has 0 aromatic heterocycles. The highest BCUT2D eigenvalue weighted by Crippen LogP contribution is 2.07. The largest absolute Gasteiger partial charge is 0.391 e. The number of nitrogens with zero attached hydrogens (tertiary/aromatic N) is 2. The highest BCUT2D eigenvalue weighted by Gasteiger charge is 2.08. The summed E-state index contributed by atoms with van der Waals surface area (Å²) in [5.41, 5.74) is 2.77. The van der Waals surface area contributed by atoms with Crippen molar-refractivity contribution in [3.05, 3.63) is 71.3 Å². The molecule has 2 aromatic carbocycles. The van der Waals surface area contributed by atoms with Gasteiger partial charge in [-0.3, -0.25) is 4.79 Å². The number of carbonyl (C=O) groups is 1. The molecule has 0 fully saturated rings. The van der Waals surface area contributed by atoms with Crippen LogP contribution >= 0.6 is 24.0 Å². The van der Waals surface area contributed by atoms with E-state index in [0.29, 0.717) is 31.0 Å². The summed E-state index contributed by atoms with van der Waals surface area (Å²) in [6.07, 6.45) is 0.0943. The zero-order chi connectivity index (χ0) is 20.4. The number of nitrogens with one attached hydrogen (secondary N) is 2. The van der Waals surface area contributed by atoms with E-state index in [1.807, 2.05) is 61.5 Å². The number of halogens is 1. The molecule has 1 atom stereocenters. The van der Waals surface area contributed by atoms with E-state index in [9.17, 15) is 9.90 Å². The van der Waals surface area contributed by atoms with Crippen LogP contribution in [0, 0.1) is 0 Å². The molecular formula is C22H31IN4O2. The maximum absolute atomic E-state index is 11.9. The number of hydrogen-bond acceptors (Lipinski definition) is 3. The predicted molar refractivity (Wildman–Crippen MR) is 129 cm³/mol. The summed E-state index contributed by atoms with van der Waals surface area (Å²) in [6, 6.07) is 17.4. The van der Waals surface area contributed by atoms with Gasteiger partial charge < -0.3 is 20.6 Å². The molecule has 0 aliphatic carbocycles. The van der Waals surface area contributed by atoms with Crippen LogP contribution in [0.3, 0.4) is 0 Å². The Morgan fingerprint density at radius 1 is 1.03 bits per heavy atom. The first-order valence-corrected chi connectivity index (χ1v) is 9.54. The van der Waals surface area contributed by atoms with Crippen molar-refractivity contribution >= 4 is 35.8 Å². The van der Waals surface area contributed by atoms with Gasteiger partial charge in [0.25, 0.3) is 5.91 Å². The average molecular weight is 510 g/mol. The molecule has 0 aliphatic heterocycles. The molecule has 3 N–H and O–H groups in total. The summed E-state index contributed by atoms with van der Waals surface area (Å²) in [5.74, 6) is 0.639. The lowest BCUT2D eigenvalue weighted by Gasteiger charge is -2.15. The molecule has 6 nitrogen and oxygen atoms in total. The fraction of sp³-hybridized carbons (Fsp3) is 0.364. The van der Waals surface area contributed by atoms with E-state index in [2.05, 4.69) is 15.6 Å². The van der Waals surface area contributed by atoms with Crippen LogP contribution < -0.4 is 10.6 Å². The van der Waals surface area contributed by atoms with Gasteiger partial charge in [0.15, 0.2) is 5.96 Å². The number of carbonyl (C=O) groups excluding carboxylic acids is 1. The van der Waals surface area contributed by atoms with E-state index in [4.69, 9.17) is 0 Å². The number of benzene rings is 2. The Morgan fingerprint density at radius 2 is 1.69 bits per heavy atom. The number of guanidine groups is 1. The van der Waals surface area contributed by atoms with E-state index in [-0.39, 0.29) is 29.9 Å². The van der Waals surface area contributed by atoms with Crippen molar-refractivity contribution in [2.24, 2.45) is 4.99 Å². The molecule has 0 heterocycles. The summed E-state index contributed by atoms with van der Waals surface area (Å²) < 4.78 is 0. The third-order valence-corrected chi connectivity index (χ3v) is 4.19. The maximum Gasteiger partial charge on any atom is 0.253 e. The van der Waals surface area contributed by atoms with Crippen molar-refractivity contribution in [2.75, 3.05) is 27.2 Å². The smallest absolute Gasteiger partial charge is 0.253 e. The second-order valence-corrected chi connectivity index (χ2v) is 6.82. The van der Waals surface area contributed by atoms with Crippen LogP contribution in [0.4, 0.5) is 0 Å². The Balaban J connectivity index is 0.00000420. The van der Waals surface area contributed by atoms with Crippen LogP contribution in [0.5, 0.6) is 0 Å². The fourth-order valence-corrected chi connectivity index (χ4v) is 2.70. The third-order valence-electron chi connectivity index (χ3n) is 4.19. The molecule has 1 amide bonds. The van der Waals surface area contributed by atoms with Crippen molar-refractivity contribution in [3.63, 3.8) is 0 Å². The van der Waals surface area contributed by atoms with Gasteiger partial charge in [0.2, 0.25) is 0 Å². The predicted octanol–water partition coefficient (Wildman–Crippen LogP) is 2.67. The van der Waals surface area contributed by atoms with Gasteiger partial charge in [-0.15, -0.1) is 24.0 Å². The Labute approximate surface area is 190 Å². The standard InChI is InChI=1S/C22H30N4O2.HI/c1-4-23-22(25-16-20(27)14-17-8-6-5-7-9-17)24-15-18-10-12-19(13-11-18)21(28)26(2)3;/h5-13,20,27H,4,14-16H2,1-3H3,(H2,23,24,25);1H. The number of amides is 1. The molecule has 29 heavy (non-hydrogen) atoms. The molecule has 0 bridgehead atoms.